The minimum atomic E-state index is -1.87. The second-order valence-electron chi connectivity index (χ2n) is 28.4. The molecule has 0 unspecified atom stereocenters. The number of hydrogen-bond acceptors (Lipinski definition) is 20. The van der Waals surface area contributed by atoms with E-state index in [9.17, 15) is 92.0 Å². The van der Waals surface area contributed by atoms with Gasteiger partial charge in [-0.15, -0.1) is 0 Å². The predicted molar refractivity (Wildman–Crippen MR) is 396 cm³/mol. The standard InChI is InChI=1S/C72H110N18O19/c1-11-12-17-47(64(101)79-39(8)61(75)98)83-71(108)55-19-15-24-90(55)59(97)34-78-63(100)48(25-36(2)3)84-65(102)49(26-37(4)5)85-67(104)51(28-42-20-22-44(93)23-21-42)82-58(96)33-77-62(99)40(9)80-70(107)54(35-91)88-68(105)53(30-56(74)94)86-66(103)50(27-38(6)7)87-72(109)60(41(10)92)89-69(106)52(81-57(95)31-73)29-43-32-76-46-18-14-13-16-45(43)46/h13-14,16,18,20-23,32,36-41,47-55,60,76,91-93H,11-12,15,17,19,24-31,33-35,73H2,1-10H3,(H2,74,94)(H2,75,98)(H,77,99)(H,78,100)(H,79,101)(H,80,107)(H,81,95)(H,82,96)(H,83,108)(H,84,102)(H,85,104)(H,86,103)(H,87,109)(H,88,105)(H,89,106)/t39-,40-,41+,47-,48-,49-,50-,51-,52-,53-,54-,55-,60-/m0/s1. The summed E-state index contributed by atoms with van der Waals surface area (Å²) in [6, 6.07) is -4.18. The van der Waals surface area contributed by atoms with Crippen LogP contribution in [0.15, 0.2) is 54.7 Å². The van der Waals surface area contributed by atoms with Crippen LogP contribution < -0.4 is 86.3 Å². The van der Waals surface area contributed by atoms with E-state index in [-0.39, 0.29) is 75.0 Å². The van der Waals surface area contributed by atoms with Gasteiger partial charge in [-0.25, -0.2) is 0 Å². The van der Waals surface area contributed by atoms with E-state index in [0.29, 0.717) is 30.4 Å². The first kappa shape index (κ1) is 90.6. The van der Waals surface area contributed by atoms with Crippen molar-refractivity contribution in [3.05, 3.63) is 65.9 Å². The summed E-state index contributed by atoms with van der Waals surface area (Å²) in [7, 11) is 0. The van der Waals surface area contributed by atoms with Crippen LogP contribution in [-0.2, 0) is 89.6 Å². The second-order valence-corrected chi connectivity index (χ2v) is 28.4. The first-order valence-corrected chi connectivity index (χ1v) is 36.4. The van der Waals surface area contributed by atoms with E-state index in [1.807, 2.05) is 6.92 Å². The van der Waals surface area contributed by atoms with Gasteiger partial charge in [0.05, 0.1) is 38.8 Å². The fourth-order valence-electron chi connectivity index (χ4n) is 11.8. The van der Waals surface area contributed by atoms with Gasteiger partial charge in [0.25, 0.3) is 0 Å². The number of H-pyrrole nitrogens is 1. The molecule has 0 bridgehead atoms. The van der Waals surface area contributed by atoms with E-state index < -0.39 is 206 Å². The number of aromatic hydroxyl groups is 1. The summed E-state index contributed by atoms with van der Waals surface area (Å²) < 4.78 is 0. The summed E-state index contributed by atoms with van der Waals surface area (Å²) in [6.07, 6.45) is 0.965. The van der Waals surface area contributed by atoms with Crippen LogP contribution >= 0.6 is 0 Å². The molecule has 2 aromatic carbocycles. The number of aliphatic hydroxyl groups excluding tert-OH is 2. The van der Waals surface area contributed by atoms with Gasteiger partial charge in [-0.2, -0.15) is 0 Å². The number of para-hydroxylation sites is 1. The number of carbonyl (C=O) groups is 16. The minimum absolute atomic E-state index is 0.00934. The number of primary amides is 2. The number of nitrogens with one attached hydrogen (secondary N) is 14. The number of amides is 16. The lowest BCUT2D eigenvalue weighted by Gasteiger charge is -2.28. The van der Waals surface area contributed by atoms with Gasteiger partial charge >= 0.3 is 0 Å². The summed E-state index contributed by atoms with van der Waals surface area (Å²) in [4.78, 5) is 220. The van der Waals surface area contributed by atoms with Crippen LogP contribution in [0.2, 0.25) is 0 Å². The van der Waals surface area contributed by atoms with Crippen molar-refractivity contribution in [1.29, 1.82) is 0 Å². The highest BCUT2D eigenvalue weighted by atomic mass is 16.3. The Morgan fingerprint density at radius 2 is 1.03 bits per heavy atom. The molecule has 1 saturated heterocycles. The Morgan fingerprint density at radius 3 is 1.59 bits per heavy atom. The Labute approximate surface area is 631 Å². The number of aromatic amines is 1. The van der Waals surface area contributed by atoms with Gasteiger partial charge in [-0.05, 0) is 106 Å². The maximum absolute atomic E-state index is 14.4. The maximum Gasteiger partial charge on any atom is 0.245 e. The number of phenolic OH excluding ortho intramolecular Hbond substituents is 1. The summed E-state index contributed by atoms with van der Waals surface area (Å²) >= 11 is 0. The van der Waals surface area contributed by atoms with Crippen LogP contribution in [0.5, 0.6) is 5.75 Å². The highest BCUT2D eigenvalue weighted by Gasteiger charge is 2.40. The molecular weight excluding hydrogens is 1420 g/mol. The Bertz CT molecular complexity index is 3680. The molecule has 0 aliphatic carbocycles. The maximum atomic E-state index is 14.4. The van der Waals surface area contributed by atoms with Gasteiger partial charge in [-0.3, -0.25) is 76.7 Å². The molecule has 1 aliphatic rings. The number of nitrogens with two attached hydrogens (primary N) is 3. The molecule has 0 radical (unpaired) electrons. The number of nitrogens with zero attached hydrogens (tertiary/aromatic N) is 1. The molecule has 23 N–H and O–H groups in total. The third-order valence-electron chi connectivity index (χ3n) is 17.6. The van der Waals surface area contributed by atoms with Crippen LogP contribution in [-0.4, -0.2) is 231 Å². The quantitative estimate of drug-likeness (QED) is 0.0253. The van der Waals surface area contributed by atoms with E-state index in [1.165, 1.54) is 49.9 Å². The van der Waals surface area contributed by atoms with Crippen LogP contribution in [0, 0.1) is 17.8 Å². The van der Waals surface area contributed by atoms with Crippen molar-refractivity contribution >= 4 is 105 Å². The molecule has 4 rings (SSSR count). The zero-order chi connectivity index (χ0) is 81.5. The molecule has 3 aromatic rings. The highest BCUT2D eigenvalue weighted by Crippen LogP contribution is 2.22. The van der Waals surface area contributed by atoms with Gasteiger partial charge in [0.15, 0.2) is 0 Å². The van der Waals surface area contributed by atoms with Gasteiger partial charge in [0.2, 0.25) is 94.5 Å². The van der Waals surface area contributed by atoms with Crippen molar-refractivity contribution < 1.29 is 92.0 Å². The van der Waals surface area contributed by atoms with Crippen LogP contribution in [0.1, 0.15) is 138 Å². The lowest BCUT2D eigenvalue weighted by atomic mass is 9.99. The number of carbonyl (C=O) groups excluding carboxylic acids is 16. The molecule has 0 saturated carbocycles. The van der Waals surface area contributed by atoms with Gasteiger partial charge < -0.3 is 112 Å². The molecular formula is C72H110N18O19. The number of unbranched alkanes of at least 4 members (excludes halogenated alkanes) is 1. The fourth-order valence-corrected chi connectivity index (χ4v) is 11.8. The molecule has 13 atom stereocenters. The molecule has 1 aliphatic heterocycles. The molecule has 0 spiro atoms. The largest absolute Gasteiger partial charge is 0.508 e. The first-order valence-electron chi connectivity index (χ1n) is 36.4. The molecule has 37 nitrogen and oxygen atoms in total. The van der Waals surface area contributed by atoms with Crippen molar-refractivity contribution in [3.8, 4) is 5.75 Å². The van der Waals surface area contributed by atoms with Crippen LogP contribution in [0.4, 0.5) is 0 Å². The normalized spacial score (nSPS) is 16.0. The fraction of sp³-hybridized carbons (Fsp3) is 0.583. The molecule has 37 heteroatoms. The van der Waals surface area contributed by atoms with Crippen molar-refractivity contribution in [2.45, 2.75) is 218 Å². The second kappa shape index (κ2) is 44.5. The number of hydrogen-bond donors (Lipinski definition) is 20. The van der Waals surface area contributed by atoms with Crippen molar-refractivity contribution in [1.82, 2.24) is 79.0 Å². The first-order chi connectivity index (χ1) is 51.4. The minimum Gasteiger partial charge on any atom is -0.508 e. The summed E-state index contributed by atoms with van der Waals surface area (Å²) in [5, 5.41) is 64.1. The number of aliphatic hydroxyl groups is 2. The topological polar surface area (TPSA) is 587 Å². The van der Waals surface area contributed by atoms with E-state index >= 15 is 0 Å². The average molecular weight is 1530 g/mol. The Kier molecular flexibility index (Phi) is 37.0. The van der Waals surface area contributed by atoms with Crippen LogP contribution in [0.3, 0.4) is 0 Å². The number of likely N-dealkylation sites (tertiary alicyclic amines) is 1. The predicted octanol–water partition coefficient (Wildman–Crippen LogP) is -4.72. The van der Waals surface area contributed by atoms with E-state index in [2.05, 4.69) is 74.1 Å². The Morgan fingerprint density at radius 1 is 0.532 bits per heavy atom. The molecule has 109 heavy (non-hydrogen) atoms. The SMILES string of the molecule is CCCC[C@H](NC(=O)[C@@H]1CCCN1C(=O)CNC(=O)[C@H](CC(C)C)NC(=O)[C@H](CC(C)C)NC(=O)[C@H](Cc1ccc(O)cc1)NC(=O)CNC(=O)[C@H](C)NC(=O)[C@H](CO)NC(=O)[C@H](CC(N)=O)NC(=O)[C@H](CC(C)C)NC(=O)[C@@H](NC(=O)[C@H](Cc1c[nH]c2ccccc12)NC(=O)CN)[C@@H](C)O)C(=O)N[C@@H](C)C(N)=O. The van der Waals surface area contributed by atoms with E-state index in [0.717, 1.165) is 10.9 Å². The van der Waals surface area contributed by atoms with Gasteiger partial charge in [-0.1, -0.05) is 91.6 Å². The number of rotatable bonds is 45. The Balaban J connectivity index is 1.41. The molecule has 1 aromatic heterocycles. The molecule has 16 amide bonds. The third kappa shape index (κ3) is 30.0. The monoisotopic (exact) mass is 1530 g/mol. The van der Waals surface area contributed by atoms with Crippen LogP contribution in [0.25, 0.3) is 10.9 Å². The summed E-state index contributed by atoms with van der Waals surface area (Å²) in [5.41, 5.74) is 18.1. The number of fused-ring (bicyclic) bond motifs is 1. The third-order valence-corrected chi connectivity index (χ3v) is 17.6. The zero-order valence-electron chi connectivity index (χ0n) is 63.3. The number of aromatic nitrogens is 1. The summed E-state index contributed by atoms with van der Waals surface area (Å²) in [6.45, 7) is 13.3. The molecule has 1 fully saturated rings. The number of benzene rings is 2. The van der Waals surface area contributed by atoms with E-state index in [4.69, 9.17) is 17.2 Å². The number of phenols is 1. The molecule has 2 heterocycles. The molecule has 602 valence electrons. The highest BCUT2D eigenvalue weighted by molar-refractivity contribution is 6.01. The smallest absolute Gasteiger partial charge is 0.245 e. The van der Waals surface area contributed by atoms with Crippen molar-refractivity contribution in [2.75, 3.05) is 32.8 Å². The van der Waals surface area contributed by atoms with Crippen molar-refractivity contribution in [3.63, 3.8) is 0 Å². The zero-order valence-corrected chi connectivity index (χ0v) is 63.3. The lowest BCUT2D eigenvalue weighted by molar-refractivity contribution is -0.140. The van der Waals surface area contributed by atoms with Gasteiger partial charge in [0.1, 0.15) is 78.3 Å². The van der Waals surface area contributed by atoms with E-state index in [1.54, 1.807) is 72.0 Å². The summed E-state index contributed by atoms with van der Waals surface area (Å²) in [5.74, 6) is -15.3. The van der Waals surface area contributed by atoms with Crippen molar-refractivity contribution in [2.24, 2.45) is 35.0 Å². The lowest BCUT2D eigenvalue weighted by Crippen LogP contribution is -2.62. The van der Waals surface area contributed by atoms with Gasteiger partial charge in [0, 0.05) is 36.5 Å². The average Bonchev–Trinajstić information content (AvgIpc) is 1.77. The Hall–Kier alpha value is -10.8.